The zero-order chi connectivity index (χ0) is 22.2. The van der Waals surface area contributed by atoms with Gasteiger partial charge in [0.1, 0.15) is 29.8 Å². The number of hydrogen-bond acceptors (Lipinski definition) is 3. The van der Waals surface area contributed by atoms with Gasteiger partial charge in [0, 0.05) is 0 Å². The Hall–Kier alpha value is -3.18. The van der Waals surface area contributed by atoms with E-state index >= 15 is 0 Å². The van der Waals surface area contributed by atoms with Gasteiger partial charge in [-0.3, -0.25) is 4.79 Å². The summed E-state index contributed by atoms with van der Waals surface area (Å²) < 4.78 is 19.9. The molecule has 1 N–H and O–H groups in total. The molecule has 0 unspecified atom stereocenters. The Balaban J connectivity index is 1.68. The molecule has 31 heavy (non-hydrogen) atoms. The van der Waals surface area contributed by atoms with E-state index in [0.717, 1.165) is 14.7 Å². The van der Waals surface area contributed by atoms with E-state index in [-0.39, 0.29) is 24.0 Å². The van der Waals surface area contributed by atoms with E-state index in [2.05, 4.69) is 27.9 Å². The lowest BCUT2D eigenvalue weighted by molar-refractivity contribution is -0.117. The smallest absolute Gasteiger partial charge is 0.262 e. The van der Waals surface area contributed by atoms with E-state index in [4.69, 9.17) is 4.74 Å². The summed E-state index contributed by atoms with van der Waals surface area (Å²) in [6.07, 6.45) is 1.55. The third kappa shape index (κ3) is 6.40. The summed E-state index contributed by atoms with van der Waals surface area (Å²) in [6, 6.07) is 22.9. The molecule has 0 saturated carbocycles. The van der Waals surface area contributed by atoms with Crippen molar-refractivity contribution in [3.63, 3.8) is 0 Å². The Bertz CT molecular complexity index is 1140. The number of amides is 1. The summed E-state index contributed by atoms with van der Waals surface area (Å²) in [4.78, 5) is 12.5. The fraction of sp³-hybridized carbons (Fsp3) is 0.120. The summed E-state index contributed by atoms with van der Waals surface area (Å²) >= 11 is 2.13. The second kappa shape index (κ2) is 10.7. The molecule has 3 aromatic carbocycles. The maximum absolute atomic E-state index is 13.3. The molecule has 156 valence electrons. The van der Waals surface area contributed by atoms with Crippen molar-refractivity contribution in [2.75, 3.05) is 0 Å². The first-order valence-corrected chi connectivity index (χ1v) is 10.7. The molecule has 0 aliphatic rings. The number of hydrogen-bond donors (Lipinski definition) is 1. The molecule has 0 saturated heterocycles. The number of benzene rings is 3. The number of carbonyl (C=O) groups excluding carboxylic acids is 1. The van der Waals surface area contributed by atoms with E-state index in [0.29, 0.717) is 11.3 Å². The molecule has 0 bridgehead atoms. The highest BCUT2D eigenvalue weighted by molar-refractivity contribution is 14.1. The molecule has 0 radical (unpaired) electrons. The summed E-state index contributed by atoms with van der Waals surface area (Å²) in [7, 11) is 0. The highest BCUT2D eigenvalue weighted by Crippen LogP contribution is 2.24. The van der Waals surface area contributed by atoms with Gasteiger partial charge in [0.2, 0.25) is 0 Å². The topological polar surface area (TPSA) is 62.1 Å². The van der Waals surface area contributed by atoms with Crippen molar-refractivity contribution in [1.29, 1.82) is 5.26 Å². The van der Waals surface area contributed by atoms with E-state index in [1.54, 1.807) is 30.3 Å². The third-order valence-corrected chi connectivity index (χ3v) is 5.41. The van der Waals surface area contributed by atoms with E-state index in [1.807, 2.05) is 49.4 Å². The first kappa shape index (κ1) is 22.5. The van der Waals surface area contributed by atoms with E-state index in [1.165, 1.54) is 12.1 Å². The Kier molecular flexibility index (Phi) is 7.79. The predicted octanol–water partition coefficient (Wildman–Crippen LogP) is 5.79. The van der Waals surface area contributed by atoms with Crippen LogP contribution >= 0.6 is 22.6 Å². The summed E-state index contributed by atoms with van der Waals surface area (Å²) in [5, 5.41) is 12.3. The van der Waals surface area contributed by atoms with Gasteiger partial charge in [-0.05, 0) is 76.5 Å². The van der Waals surface area contributed by atoms with Crippen LogP contribution in [0.4, 0.5) is 4.39 Å². The van der Waals surface area contributed by atoms with Crippen LogP contribution in [-0.2, 0) is 11.4 Å². The highest BCUT2D eigenvalue weighted by atomic mass is 127. The van der Waals surface area contributed by atoms with Crippen molar-refractivity contribution < 1.29 is 13.9 Å². The quantitative estimate of drug-likeness (QED) is 0.241. The minimum absolute atomic E-state index is 0.0204. The van der Waals surface area contributed by atoms with Crippen LogP contribution in [0.25, 0.3) is 6.08 Å². The number of rotatable bonds is 7. The average Bonchev–Trinajstić information content (AvgIpc) is 2.77. The lowest BCUT2D eigenvalue weighted by Gasteiger charge is -2.14. The molecule has 3 rings (SSSR count). The van der Waals surface area contributed by atoms with Gasteiger partial charge in [-0.25, -0.2) is 4.39 Å². The van der Waals surface area contributed by atoms with Crippen LogP contribution in [-0.4, -0.2) is 5.91 Å². The number of halogens is 2. The van der Waals surface area contributed by atoms with E-state index < -0.39 is 5.91 Å². The molecule has 1 amide bonds. The van der Waals surface area contributed by atoms with Crippen LogP contribution in [0.1, 0.15) is 29.7 Å². The van der Waals surface area contributed by atoms with E-state index in [9.17, 15) is 14.4 Å². The van der Waals surface area contributed by atoms with Gasteiger partial charge in [0.05, 0.1) is 9.61 Å². The number of nitrogens with zero attached hydrogens (tertiary/aromatic N) is 1. The minimum Gasteiger partial charge on any atom is -0.488 e. The summed E-state index contributed by atoms with van der Waals surface area (Å²) in [5.74, 6) is -0.0943. The van der Waals surface area contributed by atoms with Crippen LogP contribution < -0.4 is 10.1 Å². The second-order valence-corrected chi connectivity index (χ2v) is 8.05. The van der Waals surface area contributed by atoms with Crippen molar-refractivity contribution in [2.24, 2.45) is 0 Å². The molecule has 0 fully saturated rings. The van der Waals surface area contributed by atoms with Crippen LogP contribution in [0, 0.1) is 20.7 Å². The first-order valence-electron chi connectivity index (χ1n) is 9.60. The molecule has 4 nitrogen and oxygen atoms in total. The number of ether oxygens (including phenoxy) is 1. The highest BCUT2D eigenvalue weighted by Gasteiger charge is 2.14. The number of nitriles is 1. The number of carbonyl (C=O) groups is 1. The third-order valence-electron chi connectivity index (χ3n) is 4.56. The van der Waals surface area contributed by atoms with Gasteiger partial charge in [-0.2, -0.15) is 5.26 Å². The Morgan fingerprint density at radius 3 is 2.61 bits per heavy atom. The predicted molar refractivity (Wildman–Crippen MR) is 126 cm³/mol. The molecular weight excluding hydrogens is 506 g/mol. The Morgan fingerprint density at radius 1 is 1.16 bits per heavy atom. The fourth-order valence-electron chi connectivity index (χ4n) is 2.93. The summed E-state index contributed by atoms with van der Waals surface area (Å²) in [6.45, 7) is 2.11. The van der Waals surface area contributed by atoms with Crippen LogP contribution in [0.5, 0.6) is 5.75 Å². The first-order chi connectivity index (χ1) is 15.0. The SMILES string of the molecule is C[C@@H](NC(=O)/C(C#N)=C\c1ccc(OCc2cccc(F)c2)c(I)c1)c1ccccc1. The van der Waals surface area contributed by atoms with Gasteiger partial charge < -0.3 is 10.1 Å². The lowest BCUT2D eigenvalue weighted by Crippen LogP contribution is -2.27. The van der Waals surface area contributed by atoms with Crippen molar-refractivity contribution in [2.45, 2.75) is 19.6 Å². The molecule has 0 aromatic heterocycles. The Morgan fingerprint density at radius 2 is 1.94 bits per heavy atom. The van der Waals surface area contributed by atoms with Crippen molar-refractivity contribution in [3.05, 3.63) is 104 Å². The number of nitrogens with one attached hydrogen (secondary N) is 1. The molecular formula is C25H20FIN2O2. The van der Waals surface area contributed by atoms with Gasteiger partial charge in [-0.1, -0.05) is 48.5 Å². The lowest BCUT2D eigenvalue weighted by atomic mass is 10.1. The van der Waals surface area contributed by atoms with Gasteiger partial charge >= 0.3 is 0 Å². The molecule has 0 aliphatic carbocycles. The molecule has 0 aliphatic heterocycles. The zero-order valence-corrected chi connectivity index (χ0v) is 19.0. The largest absolute Gasteiger partial charge is 0.488 e. The summed E-state index contributed by atoms with van der Waals surface area (Å²) in [5.41, 5.74) is 2.42. The minimum atomic E-state index is -0.430. The maximum atomic E-state index is 13.3. The van der Waals surface area contributed by atoms with Gasteiger partial charge in [0.25, 0.3) is 5.91 Å². The molecule has 0 spiro atoms. The monoisotopic (exact) mass is 526 g/mol. The standard InChI is InChI=1S/C25H20FIN2O2/c1-17(20-7-3-2-4-8-20)29-25(30)21(15-28)12-18-10-11-24(23(27)14-18)31-16-19-6-5-9-22(26)13-19/h2-14,17H,16H2,1H3,(H,29,30)/b21-12-/t17-/m1/s1. The molecule has 3 aromatic rings. The van der Waals surface area contributed by atoms with Crippen molar-refractivity contribution in [3.8, 4) is 11.8 Å². The zero-order valence-electron chi connectivity index (χ0n) is 16.8. The van der Waals surface area contributed by atoms with Crippen LogP contribution in [0.3, 0.4) is 0 Å². The van der Waals surface area contributed by atoms with Crippen molar-refractivity contribution in [1.82, 2.24) is 5.32 Å². The maximum Gasteiger partial charge on any atom is 0.262 e. The normalized spacial score (nSPS) is 12.0. The second-order valence-electron chi connectivity index (χ2n) is 6.88. The fourth-order valence-corrected chi connectivity index (χ4v) is 3.62. The average molecular weight is 526 g/mol. The van der Waals surface area contributed by atoms with Gasteiger partial charge in [-0.15, -0.1) is 0 Å². The van der Waals surface area contributed by atoms with Crippen molar-refractivity contribution >= 4 is 34.6 Å². The molecule has 6 heteroatoms. The molecule has 1 atom stereocenters. The molecule has 0 heterocycles. The Labute approximate surface area is 194 Å². The van der Waals surface area contributed by atoms with Crippen LogP contribution in [0.2, 0.25) is 0 Å². The van der Waals surface area contributed by atoms with Crippen LogP contribution in [0.15, 0.2) is 78.4 Å². The van der Waals surface area contributed by atoms with Gasteiger partial charge in [0.15, 0.2) is 0 Å².